The number of morpholine rings is 1. The normalized spacial score (nSPS) is 21.8. The number of nitriles is 1. The van der Waals surface area contributed by atoms with E-state index in [9.17, 15) is 14.9 Å². The van der Waals surface area contributed by atoms with Crippen molar-refractivity contribution in [1.29, 1.82) is 5.26 Å². The summed E-state index contributed by atoms with van der Waals surface area (Å²) in [5.41, 5.74) is 0.389. The minimum Gasteiger partial charge on any atom is -0.450 e. The maximum Gasteiger partial charge on any atom is 0.409 e. The van der Waals surface area contributed by atoms with E-state index in [0.717, 1.165) is 51.7 Å². The van der Waals surface area contributed by atoms with Crippen LogP contribution >= 0.6 is 0 Å². The number of piperidine rings is 1. The minimum atomic E-state index is -0.913. The SMILES string of the molecule is CCOC(=O)NC([N]C(CC1CCCCC1)C(=O)NC1(C#N)CCN(CCc2ccccc2)CC1)N1CCOCC1. The first-order chi connectivity index (χ1) is 20.0. The molecular formula is C31H47N6O4. The highest BCUT2D eigenvalue weighted by molar-refractivity contribution is 5.83. The zero-order valence-electron chi connectivity index (χ0n) is 24.6. The largest absolute Gasteiger partial charge is 0.450 e. The summed E-state index contributed by atoms with van der Waals surface area (Å²) in [6.45, 7) is 6.72. The number of nitrogens with zero attached hydrogens (tertiary/aromatic N) is 4. The third-order valence-electron chi connectivity index (χ3n) is 8.66. The van der Waals surface area contributed by atoms with Gasteiger partial charge in [-0.25, -0.2) is 4.79 Å². The number of alkyl carbamates (subject to hydrolysis) is 1. The van der Waals surface area contributed by atoms with Gasteiger partial charge in [0.1, 0.15) is 11.6 Å². The van der Waals surface area contributed by atoms with Gasteiger partial charge in [-0.2, -0.15) is 10.6 Å². The lowest BCUT2D eigenvalue weighted by molar-refractivity contribution is -0.126. The van der Waals surface area contributed by atoms with E-state index < -0.39 is 24.0 Å². The van der Waals surface area contributed by atoms with Gasteiger partial charge in [0.2, 0.25) is 5.91 Å². The summed E-state index contributed by atoms with van der Waals surface area (Å²) in [5.74, 6) is 0.174. The van der Waals surface area contributed by atoms with Gasteiger partial charge >= 0.3 is 6.09 Å². The topological polar surface area (TPSA) is 121 Å². The molecule has 2 saturated heterocycles. The summed E-state index contributed by atoms with van der Waals surface area (Å²) in [7, 11) is 0. The Morgan fingerprint density at radius 3 is 2.49 bits per heavy atom. The fourth-order valence-electron chi connectivity index (χ4n) is 6.14. The lowest BCUT2D eigenvalue weighted by atomic mass is 9.84. The molecule has 1 aromatic rings. The van der Waals surface area contributed by atoms with E-state index >= 15 is 0 Å². The van der Waals surface area contributed by atoms with Crippen LogP contribution in [0.4, 0.5) is 4.79 Å². The van der Waals surface area contributed by atoms with E-state index in [0.29, 0.717) is 51.5 Å². The molecule has 0 bridgehead atoms. The molecule has 0 spiro atoms. The van der Waals surface area contributed by atoms with Crippen molar-refractivity contribution in [2.45, 2.75) is 82.6 Å². The first kappa shape index (κ1) is 31.2. The predicted octanol–water partition coefficient (Wildman–Crippen LogP) is 3.01. The number of amides is 2. The van der Waals surface area contributed by atoms with Gasteiger partial charge in [0.25, 0.3) is 0 Å². The molecule has 2 aliphatic heterocycles. The number of hydrogen-bond acceptors (Lipinski definition) is 7. The number of ether oxygens (including phenoxy) is 2. The molecule has 3 aliphatic rings. The van der Waals surface area contributed by atoms with Crippen LogP contribution in [0.3, 0.4) is 0 Å². The van der Waals surface area contributed by atoms with Crippen LogP contribution in [0.1, 0.15) is 63.9 Å². The first-order valence-electron chi connectivity index (χ1n) is 15.4. The Morgan fingerprint density at radius 1 is 1.12 bits per heavy atom. The molecule has 2 heterocycles. The molecule has 2 unspecified atom stereocenters. The maximum absolute atomic E-state index is 13.9. The third-order valence-corrected chi connectivity index (χ3v) is 8.66. The minimum absolute atomic E-state index is 0.223. The number of hydrogen-bond donors (Lipinski definition) is 2. The zero-order chi connectivity index (χ0) is 28.9. The number of carbonyl (C=O) groups is 2. The monoisotopic (exact) mass is 567 g/mol. The highest BCUT2D eigenvalue weighted by Crippen LogP contribution is 2.29. The number of nitrogens with one attached hydrogen (secondary N) is 2. The molecule has 0 aromatic heterocycles. The van der Waals surface area contributed by atoms with E-state index in [1.807, 2.05) is 11.0 Å². The number of rotatable bonds is 12. The summed E-state index contributed by atoms with van der Waals surface area (Å²) in [5, 5.41) is 21.2. The quantitative estimate of drug-likeness (QED) is 0.398. The Hall–Kier alpha value is -2.71. The smallest absolute Gasteiger partial charge is 0.409 e. The van der Waals surface area contributed by atoms with Gasteiger partial charge in [-0.3, -0.25) is 15.0 Å². The van der Waals surface area contributed by atoms with Crippen LogP contribution in [0.25, 0.3) is 0 Å². The van der Waals surface area contributed by atoms with Gasteiger partial charge in [-0.05, 0) is 44.1 Å². The average Bonchev–Trinajstić information content (AvgIpc) is 3.01. The summed E-state index contributed by atoms with van der Waals surface area (Å²) < 4.78 is 10.7. The van der Waals surface area contributed by atoms with E-state index in [2.05, 4.69) is 45.9 Å². The standard InChI is InChI=1S/C31H47N6O4/c1-2-41-30(39)34-29(37-19-21-40-22-20-37)33-27(23-26-11-7-4-8-12-26)28(38)35-31(24-32)14-17-36(18-15-31)16-13-25-9-5-3-6-10-25/h3,5-6,9-10,26-27,29H,2,4,7-8,11-23H2,1H3,(H,34,39)(H,35,38). The highest BCUT2D eigenvalue weighted by atomic mass is 16.5. The molecule has 1 aliphatic carbocycles. The zero-order valence-corrected chi connectivity index (χ0v) is 24.6. The second-order valence-corrected chi connectivity index (χ2v) is 11.6. The lowest BCUT2D eigenvalue weighted by Crippen LogP contribution is -2.63. The predicted molar refractivity (Wildman–Crippen MR) is 156 cm³/mol. The summed E-state index contributed by atoms with van der Waals surface area (Å²) in [6, 6.07) is 12.2. The van der Waals surface area contributed by atoms with E-state index in [4.69, 9.17) is 14.8 Å². The van der Waals surface area contributed by atoms with Crippen molar-refractivity contribution in [3.8, 4) is 6.07 Å². The van der Waals surface area contributed by atoms with Gasteiger partial charge < -0.3 is 19.7 Å². The van der Waals surface area contributed by atoms with Crippen LogP contribution in [0.2, 0.25) is 0 Å². The van der Waals surface area contributed by atoms with E-state index in [1.54, 1.807) is 6.92 Å². The molecule has 225 valence electrons. The Labute approximate surface area is 245 Å². The van der Waals surface area contributed by atoms with Crippen molar-refractivity contribution in [2.24, 2.45) is 5.92 Å². The van der Waals surface area contributed by atoms with Gasteiger partial charge in [0.15, 0.2) is 6.29 Å². The average molecular weight is 568 g/mol. The second-order valence-electron chi connectivity index (χ2n) is 11.6. The Morgan fingerprint density at radius 2 is 1.83 bits per heavy atom. The van der Waals surface area contributed by atoms with E-state index in [1.165, 1.54) is 12.0 Å². The van der Waals surface area contributed by atoms with Crippen molar-refractivity contribution in [3.63, 3.8) is 0 Å². The van der Waals surface area contributed by atoms with Crippen LogP contribution in [0.15, 0.2) is 30.3 Å². The van der Waals surface area contributed by atoms with Crippen LogP contribution in [0, 0.1) is 17.2 Å². The Balaban J connectivity index is 1.41. The molecular weight excluding hydrogens is 520 g/mol. The Kier molecular flexibility index (Phi) is 12.2. The highest BCUT2D eigenvalue weighted by Gasteiger charge is 2.39. The van der Waals surface area contributed by atoms with Gasteiger partial charge in [-0.1, -0.05) is 62.4 Å². The summed E-state index contributed by atoms with van der Waals surface area (Å²) >= 11 is 0. The molecule has 2 N–H and O–H groups in total. The molecule has 2 atom stereocenters. The van der Waals surface area contributed by atoms with Crippen LogP contribution in [-0.4, -0.2) is 92.2 Å². The molecule has 1 saturated carbocycles. The van der Waals surface area contributed by atoms with Crippen molar-refractivity contribution >= 4 is 12.0 Å². The third kappa shape index (κ3) is 9.67. The van der Waals surface area contributed by atoms with Crippen molar-refractivity contribution in [1.82, 2.24) is 25.8 Å². The summed E-state index contributed by atoms with van der Waals surface area (Å²) in [6.07, 6.45) is 7.18. The second kappa shape index (κ2) is 16.1. The molecule has 2 amide bonds. The molecule has 10 heteroatoms. The Bertz CT molecular complexity index is 982. The number of carbonyl (C=O) groups excluding carboxylic acids is 2. The van der Waals surface area contributed by atoms with Crippen molar-refractivity contribution in [3.05, 3.63) is 35.9 Å². The number of likely N-dealkylation sites (tertiary alicyclic amines) is 1. The van der Waals surface area contributed by atoms with Crippen molar-refractivity contribution in [2.75, 3.05) is 52.5 Å². The molecule has 4 rings (SSSR count). The van der Waals surface area contributed by atoms with Crippen molar-refractivity contribution < 1.29 is 19.1 Å². The molecule has 3 fully saturated rings. The fourth-order valence-corrected chi connectivity index (χ4v) is 6.14. The van der Waals surface area contributed by atoms with Gasteiger partial charge in [0, 0.05) is 32.7 Å². The molecule has 41 heavy (non-hydrogen) atoms. The maximum atomic E-state index is 13.9. The van der Waals surface area contributed by atoms with Gasteiger partial charge in [-0.15, -0.1) is 0 Å². The van der Waals surface area contributed by atoms with Crippen LogP contribution < -0.4 is 16.0 Å². The molecule has 1 aromatic carbocycles. The number of benzene rings is 1. The first-order valence-corrected chi connectivity index (χ1v) is 15.4. The summed E-state index contributed by atoms with van der Waals surface area (Å²) in [4.78, 5) is 30.7. The fraction of sp³-hybridized carbons (Fsp3) is 0.710. The van der Waals surface area contributed by atoms with E-state index in [-0.39, 0.29) is 12.5 Å². The van der Waals surface area contributed by atoms with Crippen LogP contribution in [-0.2, 0) is 20.7 Å². The van der Waals surface area contributed by atoms with Crippen LogP contribution in [0.5, 0.6) is 0 Å². The lowest BCUT2D eigenvalue weighted by Gasteiger charge is -2.40. The van der Waals surface area contributed by atoms with Gasteiger partial charge in [0.05, 0.1) is 25.9 Å². The molecule has 1 radical (unpaired) electrons. The molecule has 10 nitrogen and oxygen atoms in total.